The lowest BCUT2D eigenvalue weighted by Gasteiger charge is -1.90. The van der Waals surface area contributed by atoms with Gasteiger partial charge in [0.05, 0.1) is 0 Å². The van der Waals surface area contributed by atoms with Crippen LogP contribution >= 0.6 is 15.9 Å². The Morgan fingerprint density at radius 3 is 2.85 bits per heavy atom. The van der Waals surface area contributed by atoms with Gasteiger partial charge in [0.25, 0.3) is 5.91 Å². The fourth-order valence-electron chi connectivity index (χ4n) is 1.25. The molecule has 4 heteroatoms. The molecule has 0 aliphatic heterocycles. The lowest BCUT2D eigenvalue weighted by Crippen LogP contribution is -2.10. The number of amides is 1. The molecule has 2 aromatic rings. The summed E-state index contributed by atoms with van der Waals surface area (Å²) in [6, 6.07) is 7.45. The number of hydrogen-bond acceptors (Lipinski definition) is 1. The summed E-state index contributed by atoms with van der Waals surface area (Å²) in [6.45, 7) is 0. The van der Waals surface area contributed by atoms with Crippen molar-refractivity contribution in [3.8, 4) is 0 Å². The number of carbonyl (C=O) groups excluding carboxylic acids is 1. The molecule has 1 aromatic carbocycles. The Bertz CT molecular complexity index is 475. The minimum Gasteiger partial charge on any atom is -0.364 e. The van der Waals surface area contributed by atoms with Crippen molar-refractivity contribution < 1.29 is 4.79 Å². The lowest BCUT2D eigenvalue weighted by molar-refractivity contribution is 0.0996. The van der Waals surface area contributed by atoms with E-state index in [0.29, 0.717) is 5.69 Å². The Morgan fingerprint density at radius 1 is 1.46 bits per heavy atom. The first kappa shape index (κ1) is 8.31. The zero-order chi connectivity index (χ0) is 9.42. The Morgan fingerprint density at radius 2 is 2.23 bits per heavy atom. The second-order valence-electron chi connectivity index (χ2n) is 2.75. The second-order valence-corrected chi connectivity index (χ2v) is 3.60. The molecule has 1 heterocycles. The van der Waals surface area contributed by atoms with Gasteiger partial charge in [0.1, 0.15) is 5.69 Å². The average molecular weight is 239 g/mol. The predicted molar refractivity (Wildman–Crippen MR) is 54.5 cm³/mol. The van der Waals surface area contributed by atoms with E-state index < -0.39 is 5.91 Å². The molecule has 0 spiro atoms. The summed E-state index contributed by atoms with van der Waals surface area (Å²) in [5, 5.41) is 0.969. The van der Waals surface area contributed by atoms with Crippen LogP contribution in [0.3, 0.4) is 0 Å². The molecule has 66 valence electrons. The van der Waals surface area contributed by atoms with Gasteiger partial charge < -0.3 is 10.7 Å². The molecule has 1 amide bonds. The molecule has 0 saturated heterocycles. The second kappa shape index (κ2) is 2.88. The van der Waals surface area contributed by atoms with Gasteiger partial charge in [-0.05, 0) is 18.2 Å². The number of H-pyrrole nitrogens is 1. The molecule has 13 heavy (non-hydrogen) atoms. The molecule has 2 rings (SSSR count). The van der Waals surface area contributed by atoms with Crippen LogP contribution in [-0.4, -0.2) is 10.9 Å². The van der Waals surface area contributed by atoms with E-state index >= 15 is 0 Å². The summed E-state index contributed by atoms with van der Waals surface area (Å²) in [7, 11) is 0. The number of primary amides is 1. The van der Waals surface area contributed by atoms with Gasteiger partial charge in [0.2, 0.25) is 0 Å². The maximum absolute atomic E-state index is 10.9. The number of aromatic nitrogens is 1. The monoisotopic (exact) mass is 238 g/mol. The molecule has 0 aliphatic rings. The molecule has 0 bridgehead atoms. The van der Waals surface area contributed by atoms with Gasteiger partial charge in [0, 0.05) is 15.4 Å². The number of rotatable bonds is 1. The third kappa shape index (κ3) is 1.33. The van der Waals surface area contributed by atoms with Crippen molar-refractivity contribution in [1.82, 2.24) is 4.98 Å². The Hall–Kier alpha value is -1.29. The van der Waals surface area contributed by atoms with Gasteiger partial charge >= 0.3 is 0 Å². The minimum atomic E-state index is -0.442. The number of fused-ring (bicyclic) bond motifs is 1. The number of nitrogens with two attached hydrogens (primary N) is 1. The summed E-state index contributed by atoms with van der Waals surface area (Å²) in [5.74, 6) is -0.442. The van der Waals surface area contributed by atoms with Crippen LogP contribution in [0.15, 0.2) is 28.7 Å². The van der Waals surface area contributed by atoms with Crippen LogP contribution in [0.4, 0.5) is 0 Å². The highest BCUT2D eigenvalue weighted by atomic mass is 79.9. The van der Waals surface area contributed by atoms with Crippen molar-refractivity contribution in [3.05, 3.63) is 34.4 Å². The minimum absolute atomic E-state index is 0.432. The highest BCUT2D eigenvalue weighted by Crippen LogP contribution is 2.23. The van der Waals surface area contributed by atoms with E-state index in [9.17, 15) is 4.79 Å². The standard InChI is InChI=1S/C9H7BrN2O/c10-6-2-1-3-7-5(6)4-8(12-7)9(11)13/h1-4,12H,(H2,11,13). The first-order chi connectivity index (χ1) is 6.18. The average Bonchev–Trinajstić information content (AvgIpc) is 2.49. The van der Waals surface area contributed by atoms with E-state index in [1.54, 1.807) is 6.07 Å². The quantitative estimate of drug-likeness (QED) is 0.785. The molecule has 3 N–H and O–H groups in total. The molecule has 0 fully saturated rings. The van der Waals surface area contributed by atoms with Gasteiger partial charge in [-0.2, -0.15) is 0 Å². The summed E-state index contributed by atoms with van der Waals surface area (Å²) in [4.78, 5) is 13.8. The maximum atomic E-state index is 10.9. The summed E-state index contributed by atoms with van der Waals surface area (Å²) in [6.07, 6.45) is 0. The number of halogens is 1. The SMILES string of the molecule is NC(=O)c1cc2c(Br)cccc2[nH]1. The van der Waals surface area contributed by atoms with Crippen LogP contribution in [0.1, 0.15) is 10.5 Å². The number of hydrogen-bond donors (Lipinski definition) is 2. The van der Waals surface area contributed by atoms with Crippen molar-refractivity contribution >= 4 is 32.7 Å². The fraction of sp³-hybridized carbons (Fsp3) is 0. The zero-order valence-corrected chi connectivity index (χ0v) is 8.26. The van der Waals surface area contributed by atoms with Gasteiger partial charge in [-0.3, -0.25) is 4.79 Å². The van der Waals surface area contributed by atoms with Crippen LogP contribution < -0.4 is 5.73 Å². The van der Waals surface area contributed by atoms with Crippen LogP contribution in [0.2, 0.25) is 0 Å². The Kier molecular flexibility index (Phi) is 1.84. The van der Waals surface area contributed by atoms with E-state index in [2.05, 4.69) is 20.9 Å². The van der Waals surface area contributed by atoms with Crippen LogP contribution in [0.25, 0.3) is 10.9 Å². The Balaban J connectivity index is 2.75. The summed E-state index contributed by atoms with van der Waals surface area (Å²) < 4.78 is 0.953. The highest BCUT2D eigenvalue weighted by Gasteiger charge is 2.06. The van der Waals surface area contributed by atoms with Crippen LogP contribution in [0.5, 0.6) is 0 Å². The smallest absolute Gasteiger partial charge is 0.265 e. The van der Waals surface area contributed by atoms with Gasteiger partial charge in [-0.25, -0.2) is 0 Å². The van der Waals surface area contributed by atoms with Crippen LogP contribution in [0, 0.1) is 0 Å². The summed E-state index contributed by atoms with van der Waals surface area (Å²) >= 11 is 3.39. The zero-order valence-electron chi connectivity index (χ0n) is 6.67. The Labute approximate surface area is 83.1 Å². The number of nitrogens with one attached hydrogen (secondary N) is 1. The topological polar surface area (TPSA) is 58.9 Å². The molecular weight excluding hydrogens is 232 g/mol. The van der Waals surface area contributed by atoms with Crippen molar-refractivity contribution in [3.63, 3.8) is 0 Å². The first-order valence-corrected chi connectivity index (χ1v) is 4.55. The number of benzene rings is 1. The van der Waals surface area contributed by atoms with E-state index in [0.717, 1.165) is 15.4 Å². The number of aromatic amines is 1. The molecule has 0 aliphatic carbocycles. The van der Waals surface area contributed by atoms with E-state index in [1.807, 2.05) is 18.2 Å². The van der Waals surface area contributed by atoms with Crippen LogP contribution in [-0.2, 0) is 0 Å². The fourth-order valence-corrected chi connectivity index (χ4v) is 1.73. The van der Waals surface area contributed by atoms with Gasteiger partial charge in [-0.15, -0.1) is 0 Å². The molecule has 0 saturated carbocycles. The highest BCUT2D eigenvalue weighted by molar-refractivity contribution is 9.10. The van der Waals surface area contributed by atoms with E-state index in [4.69, 9.17) is 5.73 Å². The molecule has 1 aromatic heterocycles. The normalized spacial score (nSPS) is 10.5. The third-order valence-corrected chi connectivity index (χ3v) is 2.57. The van der Waals surface area contributed by atoms with Gasteiger partial charge in [-0.1, -0.05) is 22.0 Å². The molecule has 0 radical (unpaired) electrons. The van der Waals surface area contributed by atoms with Crippen molar-refractivity contribution in [2.24, 2.45) is 5.73 Å². The molecule has 0 atom stereocenters. The first-order valence-electron chi connectivity index (χ1n) is 3.75. The predicted octanol–water partition coefficient (Wildman–Crippen LogP) is 2.03. The molecular formula is C9H7BrN2O. The summed E-state index contributed by atoms with van der Waals surface area (Å²) in [5.41, 5.74) is 6.48. The lowest BCUT2D eigenvalue weighted by atomic mass is 10.2. The largest absolute Gasteiger partial charge is 0.364 e. The number of carbonyl (C=O) groups is 1. The van der Waals surface area contributed by atoms with Gasteiger partial charge in [0.15, 0.2) is 0 Å². The maximum Gasteiger partial charge on any atom is 0.265 e. The van der Waals surface area contributed by atoms with E-state index in [1.165, 1.54) is 0 Å². The van der Waals surface area contributed by atoms with Crippen molar-refractivity contribution in [2.45, 2.75) is 0 Å². The van der Waals surface area contributed by atoms with E-state index in [-0.39, 0.29) is 0 Å². The van der Waals surface area contributed by atoms with Crippen molar-refractivity contribution in [1.29, 1.82) is 0 Å². The third-order valence-electron chi connectivity index (χ3n) is 1.88. The molecule has 0 unspecified atom stereocenters. The van der Waals surface area contributed by atoms with Crippen molar-refractivity contribution in [2.75, 3.05) is 0 Å². The molecule has 3 nitrogen and oxygen atoms in total.